The predicted octanol–water partition coefficient (Wildman–Crippen LogP) is 4.85. The van der Waals surface area contributed by atoms with Crippen LogP contribution in [0.1, 0.15) is 55.7 Å². The third kappa shape index (κ3) is 2.64. The van der Waals surface area contributed by atoms with E-state index in [1.165, 1.54) is 37.7 Å². The molecule has 0 saturated heterocycles. The van der Waals surface area contributed by atoms with E-state index < -0.39 is 8.24 Å². The number of allylic oxidation sites excluding steroid dienone is 1. The number of fused-ring (bicyclic) bond motifs is 1. The molecular weight excluding hydrogens is 258 g/mol. The summed E-state index contributed by atoms with van der Waals surface area (Å²) < 4.78 is 0. The van der Waals surface area contributed by atoms with E-state index in [2.05, 4.69) is 55.3 Å². The van der Waals surface area contributed by atoms with Crippen molar-refractivity contribution in [3.63, 3.8) is 0 Å². The molecule has 1 aromatic carbocycles. The van der Waals surface area contributed by atoms with Gasteiger partial charge in [-0.2, -0.15) is 0 Å². The van der Waals surface area contributed by atoms with Gasteiger partial charge in [0.1, 0.15) is 8.24 Å². The summed E-state index contributed by atoms with van der Waals surface area (Å²) in [6.07, 6.45) is 9.43. The Morgan fingerprint density at radius 1 is 1.05 bits per heavy atom. The number of hydrogen-bond acceptors (Lipinski definition) is 1. The second-order valence-corrected chi connectivity index (χ2v) is 11.5. The highest BCUT2D eigenvalue weighted by Gasteiger charge is 2.39. The highest BCUT2D eigenvalue weighted by Crippen LogP contribution is 2.41. The van der Waals surface area contributed by atoms with Crippen molar-refractivity contribution in [1.29, 1.82) is 0 Å². The van der Waals surface area contributed by atoms with Crippen molar-refractivity contribution >= 4 is 14.3 Å². The maximum Gasteiger partial charge on any atom is 0.131 e. The van der Waals surface area contributed by atoms with Crippen LogP contribution in [-0.4, -0.2) is 14.3 Å². The van der Waals surface area contributed by atoms with Gasteiger partial charge in [0.05, 0.1) is 0 Å². The van der Waals surface area contributed by atoms with E-state index in [-0.39, 0.29) is 0 Å². The molecule has 0 radical (unpaired) electrons. The van der Waals surface area contributed by atoms with Crippen LogP contribution in [-0.2, 0) is 0 Å². The first kappa shape index (κ1) is 14.1. The van der Waals surface area contributed by atoms with Crippen molar-refractivity contribution < 1.29 is 0 Å². The zero-order valence-electron chi connectivity index (χ0n) is 13.1. The summed E-state index contributed by atoms with van der Waals surface area (Å²) in [5, 5.41) is 0. The molecule has 0 aromatic heterocycles. The van der Waals surface area contributed by atoms with Crippen LogP contribution in [0.3, 0.4) is 0 Å². The van der Waals surface area contributed by atoms with Crippen LogP contribution >= 0.6 is 0 Å². The SMILES string of the molecule is CC1=Cc2ccccc2C1[Si](C)(C)NC1CCCCC1. The molecule has 0 spiro atoms. The molecule has 2 aliphatic carbocycles. The Balaban J connectivity index is 1.82. The fourth-order valence-electron chi connectivity index (χ4n) is 4.29. The molecule has 108 valence electrons. The smallest absolute Gasteiger partial charge is 0.131 e. The molecule has 0 heterocycles. The van der Waals surface area contributed by atoms with Gasteiger partial charge in [0, 0.05) is 11.6 Å². The van der Waals surface area contributed by atoms with E-state index in [1.54, 1.807) is 11.1 Å². The van der Waals surface area contributed by atoms with Crippen LogP contribution in [0.5, 0.6) is 0 Å². The summed E-state index contributed by atoms with van der Waals surface area (Å²) in [4.78, 5) is 4.11. The monoisotopic (exact) mass is 285 g/mol. The van der Waals surface area contributed by atoms with Crippen LogP contribution in [0.15, 0.2) is 29.8 Å². The molecule has 2 aliphatic rings. The van der Waals surface area contributed by atoms with Gasteiger partial charge in [-0.1, -0.05) is 68.3 Å². The van der Waals surface area contributed by atoms with Gasteiger partial charge in [0.2, 0.25) is 0 Å². The first-order chi connectivity index (χ1) is 9.58. The van der Waals surface area contributed by atoms with E-state index in [9.17, 15) is 0 Å². The van der Waals surface area contributed by atoms with Crippen LogP contribution in [0.4, 0.5) is 0 Å². The normalized spacial score (nSPS) is 23.6. The minimum absolute atomic E-state index is 0.653. The van der Waals surface area contributed by atoms with Gasteiger partial charge in [-0.25, -0.2) is 0 Å². The van der Waals surface area contributed by atoms with Gasteiger partial charge >= 0.3 is 0 Å². The highest BCUT2D eigenvalue weighted by molar-refractivity contribution is 6.77. The largest absolute Gasteiger partial charge is 0.334 e. The maximum atomic E-state index is 4.11. The lowest BCUT2D eigenvalue weighted by atomic mass is 9.96. The Bertz CT molecular complexity index is 512. The fraction of sp³-hybridized carbons (Fsp3) is 0.556. The van der Waals surface area contributed by atoms with Crippen molar-refractivity contribution in [2.75, 3.05) is 0 Å². The maximum absolute atomic E-state index is 4.11. The summed E-state index contributed by atoms with van der Waals surface area (Å²) in [7, 11) is -1.49. The van der Waals surface area contributed by atoms with E-state index in [4.69, 9.17) is 0 Å². The van der Waals surface area contributed by atoms with E-state index in [0.717, 1.165) is 6.04 Å². The third-order valence-corrected chi connectivity index (χ3v) is 8.41. The third-order valence-electron chi connectivity index (χ3n) is 5.05. The number of rotatable bonds is 3. The molecule has 0 bridgehead atoms. The van der Waals surface area contributed by atoms with Crippen molar-refractivity contribution in [1.82, 2.24) is 4.98 Å². The summed E-state index contributed by atoms with van der Waals surface area (Å²) in [6.45, 7) is 7.36. The zero-order valence-corrected chi connectivity index (χ0v) is 14.1. The van der Waals surface area contributed by atoms with Crippen molar-refractivity contribution in [3.05, 3.63) is 41.0 Å². The van der Waals surface area contributed by atoms with Crippen molar-refractivity contribution in [2.24, 2.45) is 0 Å². The second kappa shape index (κ2) is 5.49. The molecule has 1 N–H and O–H groups in total. The minimum atomic E-state index is -1.49. The average Bonchev–Trinajstić information content (AvgIpc) is 2.75. The molecular formula is C18H27NSi. The Labute approximate surface area is 124 Å². The predicted molar refractivity (Wildman–Crippen MR) is 90.3 cm³/mol. The lowest BCUT2D eigenvalue weighted by Gasteiger charge is -2.38. The Hall–Kier alpha value is -0.863. The first-order valence-corrected chi connectivity index (χ1v) is 11.2. The first-order valence-electron chi connectivity index (χ1n) is 8.13. The Kier molecular flexibility index (Phi) is 3.87. The number of nitrogens with one attached hydrogen (secondary N) is 1. The molecule has 3 rings (SSSR count). The van der Waals surface area contributed by atoms with Gasteiger partial charge in [0.25, 0.3) is 0 Å². The second-order valence-electron chi connectivity index (χ2n) is 7.15. The Morgan fingerprint density at radius 3 is 2.50 bits per heavy atom. The highest BCUT2D eigenvalue weighted by atomic mass is 28.3. The van der Waals surface area contributed by atoms with Crippen molar-refractivity contribution in [2.45, 2.75) is 63.7 Å². The summed E-state index contributed by atoms with van der Waals surface area (Å²) in [6, 6.07) is 9.73. The number of hydrogen-bond donors (Lipinski definition) is 1. The topological polar surface area (TPSA) is 12.0 Å². The van der Waals surface area contributed by atoms with Gasteiger partial charge in [-0.15, -0.1) is 0 Å². The quantitative estimate of drug-likeness (QED) is 0.783. The van der Waals surface area contributed by atoms with Crippen LogP contribution in [0.2, 0.25) is 13.1 Å². The molecule has 1 saturated carbocycles. The minimum Gasteiger partial charge on any atom is -0.334 e. The lowest BCUT2D eigenvalue weighted by Crippen LogP contribution is -2.55. The van der Waals surface area contributed by atoms with E-state index in [1.807, 2.05) is 0 Å². The van der Waals surface area contributed by atoms with Crippen molar-refractivity contribution in [3.8, 4) is 0 Å². The molecule has 0 aliphatic heterocycles. The van der Waals surface area contributed by atoms with Gasteiger partial charge in [-0.3, -0.25) is 0 Å². The molecule has 20 heavy (non-hydrogen) atoms. The number of benzene rings is 1. The Morgan fingerprint density at radius 2 is 1.75 bits per heavy atom. The van der Waals surface area contributed by atoms with Crippen LogP contribution in [0.25, 0.3) is 6.08 Å². The summed E-state index contributed by atoms with van der Waals surface area (Å²) in [5.74, 6) is 0. The molecule has 1 aromatic rings. The standard InChI is InChI=1S/C18H27NSi/c1-14-13-15-9-7-8-12-17(15)18(14)20(2,3)19-16-10-5-4-6-11-16/h7-9,12-13,16,18-19H,4-6,10-11H2,1-3H3. The molecule has 1 nitrogen and oxygen atoms in total. The average molecular weight is 286 g/mol. The van der Waals surface area contributed by atoms with Crippen LogP contribution < -0.4 is 4.98 Å². The molecule has 1 fully saturated rings. The summed E-state index contributed by atoms with van der Waals surface area (Å²) in [5.41, 5.74) is 5.22. The molecule has 1 atom stereocenters. The molecule has 2 heteroatoms. The molecule has 0 amide bonds. The van der Waals surface area contributed by atoms with Gasteiger partial charge in [-0.05, 0) is 30.9 Å². The molecule has 1 unspecified atom stereocenters. The van der Waals surface area contributed by atoms with Crippen LogP contribution in [0, 0.1) is 0 Å². The van der Waals surface area contributed by atoms with Gasteiger partial charge in [0.15, 0.2) is 0 Å². The lowest BCUT2D eigenvalue weighted by molar-refractivity contribution is 0.412. The zero-order chi connectivity index (χ0) is 14.2. The van der Waals surface area contributed by atoms with Gasteiger partial charge < -0.3 is 4.98 Å². The van der Waals surface area contributed by atoms with E-state index >= 15 is 0 Å². The van der Waals surface area contributed by atoms with E-state index in [0.29, 0.717) is 5.54 Å². The summed E-state index contributed by atoms with van der Waals surface area (Å²) >= 11 is 0. The fourth-order valence-corrected chi connectivity index (χ4v) is 8.06.